The summed E-state index contributed by atoms with van der Waals surface area (Å²) in [6.07, 6.45) is 2.88. The molecule has 1 N–H and O–H groups in total. The van der Waals surface area contributed by atoms with Gasteiger partial charge in [0.2, 0.25) is 0 Å². The molecule has 0 aliphatic rings. The van der Waals surface area contributed by atoms with Crippen LogP contribution in [0.3, 0.4) is 0 Å². The maximum atomic E-state index is 12.4. The number of rotatable bonds is 9. The Morgan fingerprint density at radius 1 is 1.39 bits per heavy atom. The third kappa shape index (κ3) is 4.56. The average molecular weight is 323 g/mol. The van der Waals surface area contributed by atoms with E-state index >= 15 is 0 Å². The molecule has 0 aliphatic heterocycles. The van der Waals surface area contributed by atoms with Crippen molar-refractivity contribution in [3.8, 4) is 0 Å². The molecule has 1 rings (SSSR count). The summed E-state index contributed by atoms with van der Waals surface area (Å²) >= 11 is 0. The minimum absolute atomic E-state index is 0.0187. The van der Waals surface area contributed by atoms with Crippen molar-refractivity contribution in [1.29, 1.82) is 0 Å². The van der Waals surface area contributed by atoms with Gasteiger partial charge in [0.25, 0.3) is 5.91 Å². The first-order valence-electron chi connectivity index (χ1n) is 8.74. The highest BCUT2D eigenvalue weighted by Gasteiger charge is 2.32. The van der Waals surface area contributed by atoms with Gasteiger partial charge in [-0.05, 0) is 45.7 Å². The van der Waals surface area contributed by atoms with E-state index in [-0.39, 0.29) is 11.3 Å². The molecule has 0 saturated carbocycles. The molecule has 0 spiro atoms. The highest BCUT2D eigenvalue weighted by molar-refractivity contribution is 5.93. The van der Waals surface area contributed by atoms with Crippen LogP contribution in [0.5, 0.6) is 0 Å². The van der Waals surface area contributed by atoms with Crippen LogP contribution >= 0.6 is 0 Å². The third-order valence-corrected chi connectivity index (χ3v) is 5.26. The molecule has 0 bridgehead atoms. The summed E-state index contributed by atoms with van der Waals surface area (Å²) in [6, 6.07) is 0.386. The van der Waals surface area contributed by atoms with E-state index in [1.54, 1.807) is 0 Å². The zero-order valence-electron chi connectivity index (χ0n) is 15.8. The number of carbonyl (C=O) groups is 1. The normalized spacial score (nSPS) is 15.5. The van der Waals surface area contributed by atoms with Crippen molar-refractivity contribution in [3.05, 3.63) is 17.0 Å². The summed E-state index contributed by atoms with van der Waals surface area (Å²) in [4.78, 5) is 14.8. The molecule has 0 fully saturated rings. The molecule has 5 heteroatoms. The van der Waals surface area contributed by atoms with E-state index in [0.29, 0.717) is 18.3 Å². The Bertz CT molecular complexity index is 512. The average Bonchev–Trinajstić information content (AvgIpc) is 2.92. The minimum Gasteiger partial charge on any atom is -0.360 e. The van der Waals surface area contributed by atoms with Crippen LogP contribution in [0.15, 0.2) is 4.52 Å². The molecule has 0 aromatic carbocycles. The van der Waals surface area contributed by atoms with Crippen molar-refractivity contribution in [2.45, 2.75) is 66.8 Å². The summed E-state index contributed by atoms with van der Waals surface area (Å²) in [6.45, 7) is 14.4. The van der Waals surface area contributed by atoms with Gasteiger partial charge in [-0.15, -0.1) is 0 Å². The Labute approximate surface area is 140 Å². The zero-order valence-corrected chi connectivity index (χ0v) is 15.8. The molecule has 132 valence electrons. The Kier molecular flexibility index (Phi) is 7.26. The van der Waals surface area contributed by atoms with Crippen LogP contribution in [-0.4, -0.2) is 42.1 Å². The van der Waals surface area contributed by atoms with Gasteiger partial charge in [0, 0.05) is 24.6 Å². The predicted molar refractivity (Wildman–Crippen MR) is 93.7 cm³/mol. The fraction of sp³-hybridized carbons (Fsp3) is 0.778. The first kappa shape index (κ1) is 19.7. The lowest BCUT2D eigenvalue weighted by molar-refractivity contribution is 0.0821. The van der Waals surface area contributed by atoms with Crippen molar-refractivity contribution in [2.24, 2.45) is 5.41 Å². The molecule has 5 nitrogen and oxygen atoms in total. The van der Waals surface area contributed by atoms with Crippen LogP contribution in [0, 0.1) is 12.3 Å². The second-order valence-electron chi connectivity index (χ2n) is 6.78. The first-order chi connectivity index (χ1) is 10.8. The van der Waals surface area contributed by atoms with Gasteiger partial charge in [0.1, 0.15) is 5.76 Å². The van der Waals surface area contributed by atoms with Crippen molar-refractivity contribution < 1.29 is 9.32 Å². The number of carbonyl (C=O) groups excluding carboxylic acids is 1. The lowest BCUT2D eigenvalue weighted by atomic mass is 9.79. The summed E-state index contributed by atoms with van der Waals surface area (Å²) in [5.74, 6) is 0.639. The van der Waals surface area contributed by atoms with Gasteiger partial charge in [-0.25, -0.2) is 0 Å². The van der Waals surface area contributed by atoms with Crippen LogP contribution < -0.4 is 5.32 Å². The lowest BCUT2D eigenvalue weighted by Gasteiger charge is -2.40. The highest BCUT2D eigenvalue weighted by Crippen LogP contribution is 2.28. The number of aryl methyl sites for hydroxylation is 1. The van der Waals surface area contributed by atoms with Crippen LogP contribution in [0.2, 0.25) is 0 Å². The summed E-state index contributed by atoms with van der Waals surface area (Å²) in [7, 11) is 2.15. The van der Waals surface area contributed by atoms with Crippen molar-refractivity contribution >= 4 is 5.91 Å². The molecule has 1 heterocycles. The van der Waals surface area contributed by atoms with Gasteiger partial charge in [-0.2, -0.15) is 0 Å². The highest BCUT2D eigenvalue weighted by atomic mass is 16.5. The van der Waals surface area contributed by atoms with E-state index in [0.717, 1.165) is 37.1 Å². The van der Waals surface area contributed by atoms with Crippen molar-refractivity contribution in [2.75, 3.05) is 20.1 Å². The number of aromatic nitrogens is 1. The first-order valence-corrected chi connectivity index (χ1v) is 8.74. The van der Waals surface area contributed by atoms with Crippen LogP contribution in [0.25, 0.3) is 0 Å². The van der Waals surface area contributed by atoms with Crippen LogP contribution in [0.4, 0.5) is 0 Å². The van der Waals surface area contributed by atoms with Gasteiger partial charge < -0.3 is 14.7 Å². The molecule has 1 aromatic rings. The van der Waals surface area contributed by atoms with Gasteiger partial charge in [-0.3, -0.25) is 4.79 Å². The van der Waals surface area contributed by atoms with Gasteiger partial charge in [0.05, 0.1) is 0 Å². The Morgan fingerprint density at radius 3 is 2.52 bits per heavy atom. The maximum absolute atomic E-state index is 12.4. The smallest absolute Gasteiger partial charge is 0.273 e. The molecule has 2 unspecified atom stereocenters. The van der Waals surface area contributed by atoms with Gasteiger partial charge in [0.15, 0.2) is 5.69 Å². The molecule has 1 aromatic heterocycles. The van der Waals surface area contributed by atoms with Crippen LogP contribution in [0.1, 0.15) is 69.3 Å². The monoisotopic (exact) mass is 323 g/mol. The summed E-state index contributed by atoms with van der Waals surface area (Å²) in [5, 5.41) is 6.98. The third-order valence-electron chi connectivity index (χ3n) is 5.26. The van der Waals surface area contributed by atoms with E-state index in [9.17, 15) is 4.79 Å². The SMILES string of the molecule is CCCN(C)C(C)C(C)(CC)CNC(=O)c1noc(CC)c1C. The Morgan fingerprint density at radius 2 is 2.04 bits per heavy atom. The lowest BCUT2D eigenvalue weighted by Crippen LogP contribution is -2.49. The number of hydrogen-bond acceptors (Lipinski definition) is 4. The number of hydrogen-bond donors (Lipinski definition) is 1. The van der Waals surface area contributed by atoms with E-state index in [2.05, 4.69) is 50.1 Å². The fourth-order valence-corrected chi connectivity index (χ4v) is 2.92. The summed E-state index contributed by atoms with van der Waals surface area (Å²) in [5.41, 5.74) is 1.28. The maximum Gasteiger partial charge on any atom is 0.273 e. The zero-order chi connectivity index (χ0) is 17.6. The molecular formula is C18H33N3O2. The number of amides is 1. The van der Waals surface area contributed by atoms with Gasteiger partial charge in [-0.1, -0.05) is 32.9 Å². The predicted octanol–water partition coefficient (Wildman–Crippen LogP) is 3.42. The Hall–Kier alpha value is -1.36. The fourth-order valence-electron chi connectivity index (χ4n) is 2.92. The number of nitrogens with zero attached hydrogens (tertiary/aromatic N) is 2. The topological polar surface area (TPSA) is 58.4 Å². The van der Waals surface area contributed by atoms with Crippen molar-refractivity contribution in [3.63, 3.8) is 0 Å². The molecule has 0 aliphatic carbocycles. The molecule has 0 saturated heterocycles. The quantitative estimate of drug-likeness (QED) is 0.756. The van der Waals surface area contributed by atoms with Gasteiger partial charge >= 0.3 is 0 Å². The number of nitrogens with one attached hydrogen (secondary N) is 1. The second-order valence-corrected chi connectivity index (χ2v) is 6.78. The molecule has 1 amide bonds. The van der Waals surface area contributed by atoms with E-state index < -0.39 is 0 Å². The Balaban J connectivity index is 2.76. The standard InChI is InChI=1S/C18H33N3O2/c1-8-11-21(7)14(5)18(6,10-3)12-19-17(22)16-13(4)15(9-2)23-20-16/h14H,8-12H2,1-7H3,(H,19,22). The molecule has 2 atom stereocenters. The second kappa shape index (κ2) is 8.48. The molecule has 23 heavy (non-hydrogen) atoms. The molecular weight excluding hydrogens is 290 g/mol. The van der Waals surface area contributed by atoms with E-state index in [1.807, 2.05) is 13.8 Å². The molecule has 0 radical (unpaired) electrons. The van der Waals surface area contributed by atoms with Crippen LogP contribution in [-0.2, 0) is 6.42 Å². The largest absolute Gasteiger partial charge is 0.360 e. The van der Waals surface area contributed by atoms with E-state index in [4.69, 9.17) is 4.52 Å². The van der Waals surface area contributed by atoms with E-state index in [1.165, 1.54) is 0 Å². The minimum atomic E-state index is -0.143. The van der Waals surface area contributed by atoms with Crippen molar-refractivity contribution in [1.82, 2.24) is 15.4 Å². The summed E-state index contributed by atoms with van der Waals surface area (Å²) < 4.78 is 5.22.